The van der Waals surface area contributed by atoms with Crippen LogP contribution >= 0.6 is 0 Å². The van der Waals surface area contributed by atoms with Gasteiger partial charge in [0, 0.05) is 5.56 Å². The molecule has 0 fully saturated rings. The first-order chi connectivity index (χ1) is 7.60. The Morgan fingerprint density at radius 1 is 1.25 bits per heavy atom. The molecule has 1 aromatic rings. The number of hydrogen-bond acceptors (Lipinski definition) is 3. The maximum atomic E-state index is 11.5. The first-order valence-corrected chi connectivity index (χ1v) is 5.41. The molecule has 0 bridgehead atoms. The van der Waals surface area contributed by atoms with Crippen molar-refractivity contribution in [3.8, 4) is 0 Å². The normalized spacial score (nSPS) is 9.94. The summed E-state index contributed by atoms with van der Waals surface area (Å²) in [6, 6.07) is 5.05. The van der Waals surface area contributed by atoms with E-state index in [2.05, 4.69) is 0 Å². The van der Waals surface area contributed by atoms with Gasteiger partial charge in [0.2, 0.25) is 0 Å². The molecule has 0 saturated carbocycles. The van der Waals surface area contributed by atoms with E-state index in [-0.39, 0.29) is 11.8 Å². The number of ketones is 1. The number of benzene rings is 1. The topological polar surface area (TPSA) is 43.4 Å². The van der Waals surface area contributed by atoms with Crippen LogP contribution in [0.15, 0.2) is 18.2 Å². The molecule has 16 heavy (non-hydrogen) atoms. The molecule has 0 aliphatic rings. The van der Waals surface area contributed by atoms with Crippen molar-refractivity contribution < 1.29 is 14.3 Å². The Morgan fingerprint density at radius 3 is 2.44 bits per heavy atom. The summed E-state index contributed by atoms with van der Waals surface area (Å²) in [6.45, 7) is 5.60. The summed E-state index contributed by atoms with van der Waals surface area (Å²) in [4.78, 5) is 22.8. The van der Waals surface area contributed by atoms with Crippen molar-refractivity contribution in [1.82, 2.24) is 0 Å². The summed E-state index contributed by atoms with van der Waals surface area (Å²) in [5, 5.41) is 0. The van der Waals surface area contributed by atoms with Gasteiger partial charge in [0.05, 0.1) is 12.2 Å². The summed E-state index contributed by atoms with van der Waals surface area (Å²) < 4.78 is 4.90. The fourth-order valence-corrected chi connectivity index (χ4v) is 1.57. The standard InChI is InChI=1S/C13H16O3/c1-4-10-8-11(13(15)16-5-2)6-7-12(10)9(3)14/h6-8H,4-5H2,1-3H3. The minimum atomic E-state index is -0.340. The van der Waals surface area contributed by atoms with Crippen molar-refractivity contribution in [1.29, 1.82) is 0 Å². The maximum Gasteiger partial charge on any atom is 0.338 e. The number of carbonyl (C=O) groups excluding carboxylic acids is 2. The zero-order valence-electron chi connectivity index (χ0n) is 9.87. The average molecular weight is 220 g/mol. The van der Waals surface area contributed by atoms with E-state index in [0.29, 0.717) is 17.7 Å². The predicted octanol–water partition coefficient (Wildman–Crippen LogP) is 2.63. The van der Waals surface area contributed by atoms with Crippen molar-refractivity contribution >= 4 is 11.8 Å². The first kappa shape index (κ1) is 12.4. The van der Waals surface area contributed by atoms with E-state index in [1.165, 1.54) is 6.92 Å². The van der Waals surface area contributed by atoms with E-state index < -0.39 is 0 Å². The number of hydrogen-bond donors (Lipinski definition) is 0. The Bertz CT molecular complexity index is 408. The zero-order chi connectivity index (χ0) is 12.1. The van der Waals surface area contributed by atoms with Gasteiger partial charge >= 0.3 is 5.97 Å². The number of ether oxygens (including phenoxy) is 1. The lowest BCUT2D eigenvalue weighted by Gasteiger charge is -2.07. The summed E-state index contributed by atoms with van der Waals surface area (Å²) in [5.41, 5.74) is 2.07. The van der Waals surface area contributed by atoms with Crippen LogP contribution in [0, 0.1) is 0 Å². The molecule has 3 nitrogen and oxygen atoms in total. The fourth-order valence-electron chi connectivity index (χ4n) is 1.57. The smallest absolute Gasteiger partial charge is 0.338 e. The van der Waals surface area contributed by atoms with Crippen LogP contribution in [0.4, 0.5) is 0 Å². The number of Topliss-reactive ketones (excluding diaryl/α,β-unsaturated/α-hetero) is 1. The molecular formula is C13H16O3. The zero-order valence-corrected chi connectivity index (χ0v) is 9.87. The summed E-state index contributed by atoms with van der Waals surface area (Å²) in [6.07, 6.45) is 0.724. The van der Waals surface area contributed by atoms with Gasteiger partial charge in [0.15, 0.2) is 5.78 Å². The molecule has 86 valence electrons. The van der Waals surface area contributed by atoms with E-state index in [0.717, 1.165) is 12.0 Å². The van der Waals surface area contributed by atoms with Gasteiger partial charge in [0.1, 0.15) is 0 Å². The summed E-state index contributed by atoms with van der Waals surface area (Å²) in [7, 11) is 0. The van der Waals surface area contributed by atoms with Crippen LogP contribution < -0.4 is 0 Å². The van der Waals surface area contributed by atoms with Crippen LogP contribution in [0.5, 0.6) is 0 Å². The Hall–Kier alpha value is -1.64. The molecule has 0 heterocycles. The van der Waals surface area contributed by atoms with Gasteiger partial charge in [-0.1, -0.05) is 13.0 Å². The lowest BCUT2D eigenvalue weighted by Crippen LogP contribution is -2.07. The molecule has 0 aromatic heterocycles. The highest BCUT2D eigenvalue weighted by atomic mass is 16.5. The van der Waals surface area contributed by atoms with Crippen molar-refractivity contribution in [2.24, 2.45) is 0 Å². The predicted molar refractivity (Wildman–Crippen MR) is 61.8 cm³/mol. The van der Waals surface area contributed by atoms with Crippen LogP contribution in [0.3, 0.4) is 0 Å². The quantitative estimate of drug-likeness (QED) is 0.578. The summed E-state index contributed by atoms with van der Waals surface area (Å²) >= 11 is 0. The highest BCUT2D eigenvalue weighted by Crippen LogP contribution is 2.14. The molecule has 1 rings (SSSR count). The fraction of sp³-hybridized carbons (Fsp3) is 0.385. The molecule has 0 radical (unpaired) electrons. The van der Waals surface area contributed by atoms with Gasteiger partial charge in [-0.05, 0) is 38.0 Å². The third-order valence-corrected chi connectivity index (χ3v) is 2.38. The van der Waals surface area contributed by atoms with Gasteiger partial charge in [-0.25, -0.2) is 4.79 Å². The molecule has 0 unspecified atom stereocenters. The van der Waals surface area contributed by atoms with E-state index in [4.69, 9.17) is 4.74 Å². The third kappa shape index (κ3) is 2.69. The molecular weight excluding hydrogens is 204 g/mol. The van der Waals surface area contributed by atoms with Crippen molar-refractivity contribution in [3.63, 3.8) is 0 Å². The molecule has 0 saturated heterocycles. The number of carbonyl (C=O) groups is 2. The highest BCUT2D eigenvalue weighted by Gasteiger charge is 2.11. The third-order valence-electron chi connectivity index (χ3n) is 2.38. The second-order valence-electron chi connectivity index (χ2n) is 3.50. The van der Waals surface area contributed by atoms with Gasteiger partial charge in [-0.15, -0.1) is 0 Å². The molecule has 1 aromatic carbocycles. The minimum absolute atomic E-state index is 0.0206. The Kier molecular flexibility index (Phi) is 4.23. The SMILES string of the molecule is CCOC(=O)c1ccc(C(C)=O)c(CC)c1. The minimum Gasteiger partial charge on any atom is -0.462 e. The number of esters is 1. The lowest BCUT2D eigenvalue weighted by atomic mass is 9.99. The number of rotatable bonds is 4. The Labute approximate surface area is 95.4 Å². The van der Waals surface area contributed by atoms with Crippen LogP contribution in [-0.2, 0) is 11.2 Å². The van der Waals surface area contributed by atoms with Gasteiger partial charge in [-0.3, -0.25) is 4.79 Å². The molecule has 0 atom stereocenters. The monoisotopic (exact) mass is 220 g/mol. The van der Waals surface area contributed by atoms with E-state index in [9.17, 15) is 9.59 Å². The van der Waals surface area contributed by atoms with Crippen LogP contribution in [0.1, 0.15) is 47.1 Å². The van der Waals surface area contributed by atoms with Crippen LogP contribution in [0.2, 0.25) is 0 Å². The highest BCUT2D eigenvalue weighted by molar-refractivity contribution is 5.97. The first-order valence-electron chi connectivity index (χ1n) is 5.41. The molecule has 0 amide bonds. The second-order valence-corrected chi connectivity index (χ2v) is 3.50. The maximum absolute atomic E-state index is 11.5. The average Bonchev–Trinajstić information content (AvgIpc) is 2.28. The van der Waals surface area contributed by atoms with Crippen molar-refractivity contribution in [3.05, 3.63) is 34.9 Å². The van der Waals surface area contributed by atoms with Crippen molar-refractivity contribution in [2.75, 3.05) is 6.61 Å². The molecule has 0 aliphatic heterocycles. The Morgan fingerprint density at radius 2 is 1.94 bits per heavy atom. The molecule has 0 aliphatic carbocycles. The second kappa shape index (κ2) is 5.45. The molecule has 0 spiro atoms. The van der Waals surface area contributed by atoms with Crippen LogP contribution in [-0.4, -0.2) is 18.4 Å². The van der Waals surface area contributed by atoms with E-state index >= 15 is 0 Å². The van der Waals surface area contributed by atoms with Crippen molar-refractivity contribution in [2.45, 2.75) is 27.2 Å². The van der Waals surface area contributed by atoms with Gasteiger partial charge in [0.25, 0.3) is 0 Å². The Balaban J connectivity index is 3.08. The lowest BCUT2D eigenvalue weighted by molar-refractivity contribution is 0.0526. The van der Waals surface area contributed by atoms with Gasteiger partial charge < -0.3 is 4.74 Å². The van der Waals surface area contributed by atoms with E-state index in [1.54, 1.807) is 25.1 Å². The number of aryl methyl sites for hydroxylation is 1. The largest absolute Gasteiger partial charge is 0.462 e. The summed E-state index contributed by atoms with van der Waals surface area (Å²) in [5.74, 6) is -0.320. The molecule has 3 heteroatoms. The van der Waals surface area contributed by atoms with Gasteiger partial charge in [-0.2, -0.15) is 0 Å². The molecule has 0 N–H and O–H groups in total. The van der Waals surface area contributed by atoms with E-state index in [1.807, 2.05) is 6.92 Å². The van der Waals surface area contributed by atoms with Crippen LogP contribution in [0.25, 0.3) is 0 Å².